The molecular formula is C17H18ClF3N2O2. The van der Waals surface area contributed by atoms with Crippen LogP contribution in [-0.2, 0) is 24.1 Å². The van der Waals surface area contributed by atoms with Crippen LogP contribution in [0.2, 0.25) is 0 Å². The van der Waals surface area contributed by atoms with Crippen molar-refractivity contribution in [3.63, 3.8) is 0 Å². The maximum absolute atomic E-state index is 12.9. The molecule has 3 N–H and O–H groups in total. The highest BCUT2D eigenvalue weighted by molar-refractivity contribution is 5.85. The minimum Gasteiger partial charge on any atom is -0.484 e. The molecule has 0 aliphatic rings. The third kappa shape index (κ3) is 6.64. The third-order valence-corrected chi connectivity index (χ3v) is 3.27. The number of hydrogen-bond donors (Lipinski definition) is 2. The Labute approximate surface area is 149 Å². The van der Waals surface area contributed by atoms with Crippen molar-refractivity contribution in [2.45, 2.75) is 19.3 Å². The predicted octanol–water partition coefficient (Wildman–Crippen LogP) is 3.28. The van der Waals surface area contributed by atoms with E-state index in [0.717, 1.165) is 11.6 Å². The lowest BCUT2D eigenvalue weighted by Gasteiger charge is -2.13. The van der Waals surface area contributed by atoms with E-state index in [4.69, 9.17) is 10.5 Å². The van der Waals surface area contributed by atoms with Gasteiger partial charge in [-0.1, -0.05) is 30.3 Å². The van der Waals surface area contributed by atoms with Gasteiger partial charge in [0.25, 0.3) is 5.91 Å². The highest BCUT2D eigenvalue weighted by Crippen LogP contribution is 2.31. The monoisotopic (exact) mass is 374 g/mol. The Morgan fingerprint density at radius 3 is 2.28 bits per heavy atom. The Morgan fingerprint density at radius 2 is 1.68 bits per heavy atom. The number of ether oxygens (including phenoxy) is 1. The second kappa shape index (κ2) is 9.29. The fourth-order valence-corrected chi connectivity index (χ4v) is 2.15. The van der Waals surface area contributed by atoms with Gasteiger partial charge in [-0.15, -0.1) is 12.4 Å². The number of alkyl halides is 3. The first-order valence-corrected chi connectivity index (χ1v) is 7.22. The fourth-order valence-electron chi connectivity index (χ4n) is 2.15. The summed E-state index contributed by atoms with van der Waals surface area (Å²) in [4.78, 5) is 10.6. The Hall–Kier alpha value is -2.25. The van der Waals surface area contributed by atoms with Gasteiger partial charge < -0.3 is 15.8 Å². The van der Waals surface area contributed by atoms with Crippen LogP contribution in [0.5, 0.6) is 5.75 Å². The summed E-state index contributed by atoms with van der Waals surface area (Å²) in [7, 11) is 0. The average Bonchev–Trinajstić information content (AvgIpc) is 2.53. The summed E-state index contributed by atoms with van der Waals surface area (Å²) >= 11 is 0. The number of amides is 1. The lowest BCUT2D eigenvalue weighted by Crippen LogP contribution is -2.20. The van der Waals surface area contributed by atoms with Crippen molar-refractivity contribution in [3.05, 3.63) is 65.2 Å². The number of carbonyl (C=O) groups excluding carboxylic acids is 1. The first kappa shape index (κ1) is 20.8. The standard InChI is InChI=1S/C17H17F3N2O2.ClH/c18-17(19,20)15-4-2-1-3-13(15)10-22-9-12-5-7-14(8-6-12)24-11-16(21)23;/h1-8,22H,9-11H2,(H2,21,23);1H. The SMILES string of the molecule is Cl.NC(=O)COc1ccc(CNCc2ccccc2C(F)(F)F)cc1. The molecule has 136 valence electrons. The van der Waals surface area contributed by atoms with Crippen LogP contribution in [0.25, 0.3) is 0 Å². The molecule has 0 saturated heterocycles. The molecular weight excluding hydrogens is 357 g/mol. The van der Waals surface area contributed by atoms with Crippen LogP contribution >= 0.6 is 12.4 Å². The highest BCUT2D eigenvalue weighted by atomic mass is 35.5. The molecule has 0 aliphatic carbocycles. The zero-order chi connectivity index (χ0) is 17.6. The van der Waals surface area contributed by atoms with Crippen LogP contribution in [0.1, 0.15) is 16.7 Å². The van der Waals surface area contributed by atoms with Gasteiger partial charge in [0.1, 0.15) is 5.75 Å². The number of halogens is 4. The van der Waals surface area contributed by atoms with Gasteiger partial charge in [0, 0.05) is 13.1 Å². The summed E-state index contributed by atoms with van der Waals surface area (Å²) in [5.41, 5.74) is 5.43. The quantitative estimate of drug-likeness (QED) is 0.781. The summed E-state index contributed by atoms with van der Waals surface area (Å²) in [5.74, 6) is -0.0657. The summed E-state index contributed by atoms with van der Waals surface area (Å²) in [5, 5.41) is 2.99. The van der Waals surface area contributed by atoms with Crippen LogP contribution in [0.15, 0.2) is 48.5 Å². The Bertz CT molecular complexity index is 691. The van der Waals surface area contributed by atoms with E-state index < -0.39 is 17.6 Å². The van der Waals surface area contributed by atoms with E-state index in [-0.39, 0.29) is 31.1 Å². The minimum atomic E-state index is -4.36. The molecule has 0 aliphatic heterocycles. The Kier molecular flexibility index (Phi) is 7.73. The topological polar surface area (TPSA) is 64.4 Å². The van der Waals surface area contributed by atoms with Gasteiger partial charge in [-0.3, -0.25) is 4.79 Å². The fraction of sp³-hybridized carbons (Fsp3) is 0.235. The van der Waals surface area contributed by atoms with Crippen LogP contribution in [-0.4, -0.2) is 12.5 Å². The lowest BCUT2D eigenvalue weighted by atomic mass is 10.1. The van der Waals surface area contributed by atoms with Crippen molar-refractivity contribution >= 4 is 18.3 Å². The molecule has 0 bridgehead atoms. The van der Waals surface area contributed by atoms with Crippen molar-refractivity contribution in [1.82, 2.24) is 5.32 Å². The van der Waals surface area contributed by atoms with Crippen LogP contribution in [0.3, 0.4) is 0 Å². The van der Waals surface area contributed by atoms with Gasteiger partial charge in [0.2, 0.25) is 0 Å². The predicted molar refractivity (Wildman–Crippen MR) is 90.4 cm³/mol. The molecule has 0 fully saturated rings. The molecule has 2 aromatic carbocycles. The normalized spacial score (nSPS) is 10.8. The van der Waals surface area contributed by atoms with Crippen LogP contribution in [0, 0.1) is 0 Å². The van der Waals surface area contributed by atoms with Crippen molar-refractivity contribution in [2.75, 3.05) is 6.61 Å². The van der Waals surface area contributed by atoms with Gasteiger partial charge in [-0.2, -0.15) is 13.2 Å². The summed E-state index contributed by atoms with van der Waals surface area (Å²) in [6.45, 7) is 0.309. The van der Waals surface area contributed by atoms with Gasteiger partial charge in [0.05, 0.1) is 5.56 Å². The second-order valence-electron chi connectivity index (χ2n) is 5.16. The molecule has 1 amide bonds. The first-order chi connectivity index (χ1) is 11.4. The maximum Gasteiger partial charge on any atom is 0.416 e. The molecule has 0 saturated carbocycles. The number of carbonyl (C=O) groups is 1. The van der Waals surface area contributed by atoms with E-state index in [1.807, 2.05) is 0 Å². The van der Waals surface area contributed by atoms with Crippen molar-refractivity contribution in [1.29, 1.82) is 0 Å². The van der Waals surface area contributed by atoms with Crippen molar-refractivity contribution < 1.29 is 22.7 Å². The minimum absolute atomic E-state index is 0. The van der Waals surface area contributed by atoms with E-state index >= 15 is 0 Å². The summed E-state index contributed by atoms with van der Waals surface area (Å²) in [6, 6.07) is 12.3. The number of nitrogens with one attached hydrogen (secondary N) is 1. The number of benzene rings is 2. The van der Waals surface area contributed by atoms with Gasteiger partial charge >= 0.3 is 6.18 Å². The van der Waals surface area contributed by atoms with E-state index in [9.17, 15) is 18.0 Å². The molecule has 0 heterocycles. The highest BCUT2D eigenvalue weighted by Gasteiger charge is 2.32. The molecule has 25 heavy (non-hydrogen) atoms. The molecule has 0 radical (unpaired) electrons. The summed E-state index contributed by atoms with van der Waals surface area (Å²) < 4.78 is 43.8. The number of hydrogen-bond acceptors (Lipinski definition) is 3. The van der Waals surface area contributed by atoms with E-state index in [1.54, 1.807) is 30.3 Å². The van der Waals surface area contributed by atoms with E-state index in [2.05, 4.69) is 5.32 Å². The van der Waals surface area contributed by atoms with Crippen LogP contribution in [0.4, 0.5) is 13.2 Å². The molecule has 2 aromatic rings. The molecule has 0 spiro atoms. The lowest BCUT2D eigenvalue weighted by molar-refractivity contribution is -0.138. The maximum atomic E-state index is 12.9. The van der Waals surface area contributed by atoms with Gasteiger partial charge in [-0.25, -0.2) is 0 Å². The second-order valence-corrected chi connectivity index (χ2v) is 5.16. The average molecular weight is 375 g/mol. The molecule has 4 nitrogen and oxygen atoms in total. The van der Waals surface area contributed by atoms with Crippen molar-refractivity contribution in [2.24, 2.45) is 5.73 Å². The Balaban J connectivity index is 0.00000312. The first-order valence-electron chi connectivity index (χ1n) is 7.22. The van der Waals surface area contributed by atoms with Crippen molar-refractivity contribution in [3.8, 4) is 5.75 Å². The van der Waals surface area contributed by atoms with E-state index in [0.29, 0.717) is 12.3 Å². The smallest absolute Gasteiger partial charge is 0.416 e. The third-order valence-electron chi connectivity index (χ3n) is 3.27. The Morgan fingerprint density at radius 1 is 1.04 bits per heavy atom. The van der Waals surface area contributed by atoms with Gasteiger partial charge in [-0.05, 0) is 29.3 Å². The molecule has 2 rings (SSSR count). The number of primary amides is 1. The zero-order valence-electron chi connectivity index (χ0n) is 13.2. The van der Waals surface area contributed by atoms with Crippen LogP contribution < -0.4 is 15.8 Å². The molecule has 0 unspecified atom stereocenters. The largest absolute Gasteiger partial charge is 0.484 e. The zero-order valence-corrected chi connectivity index (χ0v) is 14.0. The van der Waals surface area contributed by atoms with E-state index in [1.165, 1.54) is 12.1 Å². The summed E-state index contributed by atoms with van der Waals surface area (Å²) in [6.07, 6.45) is -4.36. The van der Waals surface area contributed by atoms with Gasteiger partial charge in [0.15, 0.2) is 6.61 Å². The number of nitrogens with two attached hydrogens (primary N) is 1. The molecule has 0 atom stereocenters. The number of rotatable bonds is 7. The molecule has 8 heteroatoms. The molecule has 0 aromatic heterocycles.